The Morgan fingerprint density at radius 3 is 2.55 bits per heavy atom. The van der Waals surface area contributed by atoms with Crippen LogP contribution in [0.2, 0.25) is 0 Å². The Bertz CT molecular complexity index is 605. The molecule has 0 saturated carbocycles. The molecule has 12 heteroatoms. The fraction of sp³-hybridized carbons (Fsp3) is 0.882. The molecule has 166 valence electrons. The molecule has 0 aromatic rings. The van der Waals surface area contributed by atoms with Gasteiger partial charge in [-0.15, -0.1) is 0 Å². The molecule has 5 N–H and O–H groups in total. The maximum Gasteiger partial charge on any atom is 0.227 e. The minimum atomic E-state index is -1.62. The van der Waals surface area contributed by atoms with E-state index in [4.69, 9.17) is 23.8 Å². The molecular weight excluding hydrogens is 392 g/mol. The Morgan fingerprint density at radius 2 is 1.86 bits per heavy atom. The number of aliphatic hydroxyl groups excluding tert-OH is 5. The number of hydrogen-bond donors (Lipinski definition) is 5. The Balaban J connectivity index is 1.71. The molecule has 0 aromatic carbocycles. The molecule has 0 radical (unpaired) electrons. The Hall–Kier alpha value is -1.38. The lowest BCUT2D eigenvalue weighted by Crippen LogP contribution is -2.63. The maximum absolute atomic E-state index is 10.7. The average Bonchev–Trinajstić information content (AvgIpc) is 3.08. The van der Waals surface area contributed by atoms with Crippen molar-refractivity contribution in [1.29, 1.82) is 0 Å². The zero-order valence-corrected chi connectivity index (χ0v) is 16.1. The first kappa shape index (κ1) is 22.3. The van der Waals surface area contributed by atoms with Crippen LogP contribution in [0.15, 0.2) is 10.1 Å². The largest absolute Gasteiger partial charge is 0.450 e. The van der Waals surface area contributed by atoms with Crippen LogP contribution in [0.25, 0.3) is 0 Å². The number of aliphatic hydroxyl groups is 5. The second-order valence-electron chi connectivity index (χ2n) is 7.10. The van der Waals surface area contributed by atoms with Gasteiger partial charge in [0.15, 0.2) is 12.2 Å². The summed E-state index contributed by atoms with van der Waals surface area (Å²) in [7, 11) is 0. The number of hydrogen-bond acceptors (Lipinski definition) is 12. The van der Waals surface area contributed by atoms with Crippen molar-refractivity contribution in [1.82, 2.24) is 0 Å². The molecule has 3 aliphatic rings. The van der Waals surface area contributed by atoms with Crippen molar-refractivity contribution < 1.29 is 49.3 Å². The van der Waals surface area contributed by atoms with Gasteiger partial charge in [0, 0.05) is 6.92 Å². The number of oxime groups is 1. The highest BCUT2D eigenvalue weighted by Gasteiger charge is 2.52. The highest BCUT2D eigenvalue weighted by molar-refractivity contribution is 5.75. The van der Waals surface area contributed by atoms with E-state index in [1.165, 1.54) is 0 Å². The van der Waals surface area contributed by atoms with Gasteiger partial charge >= 0.3 is 0 Å². The van der Waals surface area contributed by atoms with Crippen molar-refractivity contribution in [3.05, 3.63) is 0 Å². The Morgan fingerprint density at radius 1 is 1.10 bits per heavy atom. The zero-order chi connectivity index (χ0) is 21.1. The van der Waals surface area contributed by atoms with E-state index in [0.29, 0.717) is 12.5 Å². The first-order chi connectivity index (χ1) is 13.9. The molecule has 2 fully saturated rings. The van der Waals surface area contributed by atoms with Gasteiger partial charge in [0.2, 0.25) is 6.29 Å². The van der Waals surface area contributed by atoms with Gasteiger partial charge in [-0.2, -0.15) is 0 Å². The van der Waals surface area contributed by atoms with Gasteiger partial charge in [-0.3, -0.25) is 0 Å². The van der Waals surface area contributed by atoms with E-state index in [0.717, 1.165) is 12.6 Å². The van der Waals surface area contributed by atoms with Crippen LogP contribution in [0.3, 0.4) is 0 Å². The number of fused-ring (bicyclic) bond motifs is 1. The monoisotopic (exact) mass is 420 g/mol. The van der Waals surface area contributed by atoms with Crippen molar-refractivity contribution in [2.45, 2.75) is 81.6 Å². The summed E-state index contributed by atoms with van der Waals surface area (Å²) in [5.74, 6) is 0.326. The van der Waals surface area contributed by atoms with Crippen LogP contribution >= 0.6 is 0 Å². The molecule has 10 atom stereocenters. The van der Waals surface area contributed by atoms with Crippen LogP contribution < -0.4 is 0 Å². The van der Waals surface area contributed by atoms with E-state index in [9.17, 15) is 25.5 Å². The topological polar surface area (TPSA) is 172 Å². The van der Waals surface area contributed by atoms with Crippen LogP contribution in [0.1, 0.15) is 20.3 Å². The summed E-state index contributed by atoms with van der Waals surface area (Å²) in [5, 5.41) is 54.5. The third-order valence-electron chi connectivity index (χ3n) is 4.91. The second-order valence-corrected chi connectivity index (χ2v) is 7.10. The van der Waals surface area contributed by atoms with E-state index in [1.54, 1.807) is 6.92 Å². The fourth-order valence-electron chi connectivity index (χ4n) is 3.37. The molecule has 0 bridgehead atoms. The van der Waals surface area contributed by atoms with Crippen molar-refractivity contribution in [2.24, 2.45) is 10.1 Å². The maximum atomic E-state index is 10.7. The average molecular weight is 420 g/mol. The summed E-state index contributed by atoms with van der Waals surface area (Å²) in [6, 6.07) is -0.779. The van der Waals surface area contributed by atoms with Gasteiger partial charge in [-0.25, -0.2) is 4.99 Å². The number of nitrogens with zero attached hydrogens (tertiary/aromatic N) is 2. The molecule has 0 aliphatic carbocycles. The van der Waals surface area contributed by atoms with Gasteiger partial charge < -0.3 is 49.3 Å². The van der Waals surface area contributed by atoms with Crippen molar-refractivity contribution in [3.8, 4) is 0 Å². The van der Waals surface area contributed by atoms with E-state index < -0.39 is 68.0 Å². The smallest absolute Gasteiger partial charge is 0.227 e. The lowest BCUT2D eigenvalue weighted by Gasteiger charge is -2.44. The Kier molecular flexibility index (Phi) is 7.40. The Labute approximate surface area is 167 Å². The molecule has 2 saturated heterocycles. The van der Waals surface area contributed by atoms with Gasteiger partial charge in [0.05, 0.1) is 12.8 Å². The second kappa shape index (κ2) is 9.62. The van der Waals surface area contributed by atoms with Gasteiger partial charge in [-0.05, 0) is 6.42 Å². The van der Waals surface area contributed by atoms with Crippen molar-refractivity contribution in [2.75, 3.05) is 13.2 Å². The normalized spacial score (nSPS) is 45.0. The van der Waals surface area contributed by atoms with Crippen LogP contribution in [-0.2, 0) is 23.8 Å². The van der Waals surface area contributed by atoms with Gasteiger partial charge in [0.1, 0.15) is 55.4 Å². The first-order valence-corrected chi connectivity index (χ1v) is 9.53. The molecule has 12 nitrogen and oxygen atoms in total. The van der Waals surface area contributed by atoms with E-state index in [1.807, 2.05) is 6.92 Å². The third-order valence-corrected chi connectivity index (χ3v) is 4.91. The predicted octanol–water partition coefficient (Wildman–Crippen LogP) is -2.51. The van der Waals surface area contributed by atoms with Crippen LogP contribution in [0.4, 0.5) is 0 Å². The molecule has 0 amide bonds. The molecule has 3 aliphatic heterocycles. The molecule has 4 unspecified atom stereocenters. The lowest BCUT2D eigenvalue weighted by molar-refractivity contribution is -0.330. The molecule has 3 rings (SSSR count). The van der Waals surface area contributed by atoms with Crippen LogP contribution in [0, 0.1) is 0 Å². The summed E-state index contributed by atoms with van der Waals surface area (Å²) in [5.41, 5.74) is 0. The van der Waals surface area contributed by atoms with E-state index >= 15 is 0 Å². The summed E-state index contributed by atoms with van der Waals surface area (Å²) in [6.07, 6.45) is -9.63. The standard InChI is InChI=1S/C17H28N2O10/c1-3-4-25-18-5-8-11(21)13(23)14(24)17(27-8)29-15-9(6-20)28-16-10(12(15)22)19-7(2)26-16/h5,8-17,20-24H,3-4,6H2,1-2H3/b18-5-/t8?,9?,10?,11-,12+,13-,14?,15+,16-,17-/m0/s1. The van der Waals surface area contributed by atoms with Crippen molar-refractivity contribution in [3.63, 3.8) is 0 Å². The molecular formula is C17H28N2O10. The molecule has 29 heavy (non-hydrogen) atoms. The number of aliphatic imine (C=N–C) groups is 1. The molecule has 0 spiro atoms. The van der Waals surface area contributed by atoms with E-state index in [-0.39, 0.29) is 0 Å². The third kappa shape index (κ3) is 4.70. The number of rotatable bonds is 7. The highest BCUT2D eigenvalue weighted by atomic mass is 16.7. The van der Waals surface area contributed by atoms with Crippen molar-refractivity contribution >= 4 is 12.1 Å². The quantitative estimate of drug-likeness (QED) is 0.168. The minimum Gasteiger partial charge on any atom is -0.450 e. The van der Waals surface area contributed by atoms with Gasteiger partial charge in [0.25, 0.3) is 0 Å². The first-order valence-electron chi connectivity index (χ1n) is 9.53. The SMILES string of the molecule is CCCO/N=C\C1O[C@@H](O[C@@H]2C(CO)O[C@@H]3OC(C)=NC3[C@H]2O)C(O)[C@@H](O)[C@H]1O. The zero-order valence-electron chi connectivity index (χ0n) is 16.1. The summed E-state index contributed by atoms with van der Waals surface area (Å²) in [4.78, 5) is 9.11. The minimum absolute atomic E-state index is 0.326. The van der Waals surface area contributed by atoms with Crippen LogP contribution in [0.5, 0.6) is 0 Å². The summed E-state index contributed by atoms with van der Waals surface area (Å²) < 4.78 is 22.1. The predicted molar refractivity (Wildman–Crippen MR) is 96.0 cm³/mol. The summed E-state index contributed by atoms with van der Waals surface area (Å²) in [6.45, 7) is 3.36. The number of ether oxygens (including phenoxy) is 4. The molecule has 3 heterocycles. The molecule has 0 aromatic heterocycles. The van der Waals surface area contributed by atoms with E-state index in [2.05, 4.69) is 10.1 Å². The highest BCUT2D eigenvalue weighted by Crippen LogP contribution is 2.32. The van der Waals surface area contributed by atoms with Gasteiger partial charge in [-0.1, -0.05) is 12.1 Å². The van der Waals surface area contributed by atoms with Crippen LogP contribution in [-0.4, -0.2) is 112 Å². The fourth-order valence-corrected chi connectivity index (χ4v) is 3.37. The lowest BCUT2D eigenvalue weighted by atomic mass is 9.96. The summed E-state index contributed by atoms with van der Waals surface area (Å²) >= 11 is 0.